The Hall–Kier alpha value is -5.20. The minimum atomic E-state index is -0.0585. The maximum Gasteiger partial charge on any atom is 0.227 e. The van der Waals surface area contributed by atoms with Crippen molar-refractivity contribution in [2.75, 3.05) is 13.1 Å². The molecule has 2 aliphatic rings. The third-order valence-electron chi connectivity index (χ3n) is 9.72. The Bertz CT molecular complexity index is 2120. The molecule has 2 amide bonds. The summed E-state index contributed by atoms with van der Waals surface area (Å²) >= 11 is 3.21. The molecule has 2 atom stereocenters. The number of H-pyrrole nitrogens is 2. The molecule has 9 rings (SSSR count). The number of nitrogens with one attached hydrogen (secondary N) is 2. The monoisotopic (exact) mass is 698 g/mol. The van der Waals surface area contributed by atoms with Crippen molar-refractivity contribution in [2.45, 2.75) is 50.6 Å². The predicted molar refractivity (Wildman–Crippen MR) is 196 cm³/mol. The second kappa shape index (κ2) is 12.9. The average Bonchev–Trinajstić information content (AvgIpc) is 3.97. The van der Waals surface area contributed by atoms with Crippen molar-refractivity contribution < 1.29 is 9.59 Å². The number of thiazole rings is 2. The van der Waals surface area contributed by atoms with Crippen molar-refractivity contribution >= 4 is 54.9 Å². The minimum Gasteiger partial charge on any atom is -0.338 e. The SMILES string of the molecule is O=C(Cc1ccccc1)N1CCCC1c1ncc(-c2nc3cc4sc(-c5cnc(C6CCCN6C(=O)Cc6ccccc6)[nH]5)nc4cc3s2)[nH]1. The van der Waals surface area contributed by atoms with Gasteiger partial charge in [0, 0.05) is 13.1 Å². The van der Waals surface area contributed by atoms with E-state index in [1.54, 1.807) is 22.7 Å². The molecule has 3 aromatic carbocycles. The zero-order chi connectivity index (χ0) is 33.6. The Morgan fingerprint density at radius 3 is 1.54 bits per heavy atom. The van der Waals surface area contributed by atoms with Gasteiger partial charge in [0.15, 0.2) is 0 Å². The second-order valence-electron chi connectivity index (χ2n) is 13.0. The van der Waals surface area contributed by atoms with Gasteiger partial charge < -0.3 is 19.8 Å². The van der Waals surface area contributed by atoms with E-state index < -0.39 is 0 Å². The molecule has 0 radical (unpaired) electrons. The van der Waals surface area contributed by atoms with Gasteiger partial charge in [0.1, 0.15) is 21.7 Å². The van der Waals surface area contributed by atoms with Crippen LogP contribution in [0.2, 0.25) is 0 Å². The van der Waals surface area contributed by atoms with E-state index in [0.717, 1.165) is 103 Å². The smallest absolute Gasteiger partial charge is 0.227 e. The zero-order valence-electron chi connectivity index (χ0n) is 27.2. The first kappa shape index (κ1) is 30.8. The molecule has 2 N–H and O–H groups in total. The lowest BCUT2D eigenvalue weighted by atomic mass is 10.1. The first-order valence-electron chi connectivity index (χ1n) is 17.0. The predicted octanol–water partition coefficient (Wildman–Crippen LogP) is 7.50. The molecule has 2 saturated heterocycles. The van der Waals surface area contributed by atoms with Crippen molar-refractivity contribution in [1.82, 2.24) is 39.7 Å². The first-order chi connectivity index (χ1) is 24.6. The van der Waals surface area contributed by atoms with Crippen LogP contribution in [0.15, 0.2) is 85.2 Å². The molecule has 12 heteroatoms. The van der Waals surface area contributed by atoms with Crippen LogP contribution in [0, 0.1) is 0 Å². The second-order valence-corrected chi connectivity index (χ2v) is 15.1. The van der Waals surface area contributed by atoms with Gasteiger partial charge in [-0.15, -0.1) is 22.7 Å². The maximum absolute atomic E-state index is 13.2. The number of hydrogen-bond acceptors (Lipinski definition) is 8. The summed E-state index contributed by atoms with van der Waals surface area (Å²) < 4.78 is 2.09. The van der Waals surface area contributed by atoms with Crippen molar-refractivity contribution in [3.8, 4) is 21.4 Å². The number of carbonyl (C=O) groups excluding carboxylic acids is 2. The van der Waals surface area contributed by atoms with Crippen molar-refractivity contribution in [2.24, 2.45) is 0 Å². The van der Waals surface area contributed by atoms with Crippen LogP contribution < -0.4 is 0 Å². The summed E-state index contributed by atoms with van der Waals surface area (Å²) in [6.07, 6.45) is 8.16. The van der Waals surface area contributed by atoms with E-state index in [1.165, 1.54) is 0 Å². The van der Waals surface area contributed by atoms with Crippen LogP contribution >= 0.6 is 22.7 Å². The topological polar surface area (TPSA) is 124 Å². The van der Waals surface area contributed by atoms with Crippen LogP contribution in [0.5, 0.6) is 0 Å². The maximum atomic E-state index is 13.2. The molecule has 10 nitrogen and oxygen atoms in total. The van der Waals surface area contributed by atoms with E-state index in [4.69, 9.17) is 19.9 Å². The first-order valence-corrected chi connectivity index (χ1v) is 18.7. The molecule has 0 saturated carbocycles. The number of hydrogen-bond donors (Lipinski definition) is 2. The zero-order valence-corrected chi connectivity index (χ0v) is 28.8. The summed E-state index contributed by atoms with van der Waals surface area (Å²) in [6, 6.07) is 23.9. The molecule has 2 unspecified atom stereocenters. The van der Waals surface area contributed by atoms with E-state index in [9.17, 15) is 9.59 Å². The molecule has 2 aliphatic heterocycles. The van der Waals surface area contributed by atoms with Crippen LogP contribution in [-0.2, 0) is 22.4 Å². The van der Waals surface area contributed by atoms with E-state index in [2.05, 4.69) is 22.1 Å². The summed E-state index contributed by atoms with van der Waals surface area (Å²) in [6.45, 7) is 1.49. The number of amides is 2. The lowest BCUT2D eigenvalue weighted by Gasteiger charge is -2.23. The third-order valence-corrected chi connectivity index (χ3v) is 11.8. The number of nitrogens with zero attached hydrogens (tertiary/aromatic N) is 6. The summed E-state index contributed by atoms with van der Waals surface area (Å²) in [7, 11) is 0. The largest absolute Gasteiger partial charge is 0.338 e. The minimum absolute atomic E-state index is 0.0585. The van der Waals surface area contributed by atoms with Gasteiger partial charge in [-0.2, -0.15) is 0 Å². The van der Waals surface area contributed by atoms with Crippen molar-refractivity contribution in [3.63, 3.8) is 0 Å². The van der Waals surface area contributed by atoms with E-state index in [-0.39, 0.29) is 23.9 Å². The molecule has 6 heterocycles. The Balaban J connectivity index is 0.911. The van der Waals surface area contributed by atoms with E-state index in [0.29, 0.717) is 12.8 Å². The number of imidazole rings is 2. The Labute approximate surface area is 296 Å². The molecular formula is C38H34N8O2S2. The molecule has 2 fully saturated rings. The summed E-state index contributed by atoms with van der Waals surface area (Å²) in [5.41, 5.74) is 5.58. The number of rotatable bonds is 8. The number of aromatic amines is 2. The number of benzene rings is 3. The molecule has 50 heavy (non-hydrogen) atoms. The summed E-state index contributed by atoms with van der Waals surface area (Å²) in [4.78, 5) is 56.7. The lowest BCUT2D eigenvalue weighted by molar-refractivity contribution is -0.132. The van der Waals surface area contributed by atoms with Crippen LogP contribution in [-0.4, -0.2) is 64.6 Å². The molecule has 0 spiro atoms. The Morgan fingerprint density at radius 1 is 0.660 bits per heavy atom. The highest BCUT2D eigenvalue weighted by molar-refractivity contribution is 7.23. The summed E-state index contributed by atoms with van der Waals surface area (Å²) in [5.74, 6) is 1.88. The summed E-state index contributed by atoms with van der Waals surface area (Å²) in [5, 5.41) is 1.72. The van der Waals surface area contributed by atoms with E-state index in [1.807, 2.05) is 82.9 Å². The van der Waals surface area contributed by atoms with Crippen LogP contribution in [0.3, 0.4) is 0 Å². The lowest BCUT2D eigenvalue weighted by Crippen LogP contribution is -2.32. The van der Waals surface area contributed by atoms with Crippen LogP contribution in [0.25, 0.3) is 41.8 Å². The third kappa shape index (κ3) is 5.88. The van der Waals surface area contributed by atoms with Crippen molar-refractivity contribution in [1.29, 1.82) is 0 Å². The standard InChI is InChI=1S/C38H34N8O2S2/c47-33(17-23-9-3-1-4-10-23)45-15-7-13-29(45)35-39-21-27(41-35)37-43-25-19-32-26(20-31(25)49-37)44-38(50-32)28-22-40-36(42-28)30-14-8-16-46(30)34(48)18-24-11-5-2-6-12-24/h1-6,9-12,19-22,29-30H,7-8,13-18H2,(H,39,41)(H,40,42). The highest BCUT2D eigenvalue weighted by atomic mass is 32.1. The van der Waals surface area contributed by atoms with Gasteiger partial charge in [-0.1, -0.05) is 60.7 Å². The Morgan fingerprint density at radius 2 is 1.10 bits per heavy atom. The Kier molecular flexibility index (Phi) is 7.97. The van der Waals surface area contributed by atoms with Gasteiger partial charge in [0.05, 0.1) is 69.1 Å². The van der Waals surface area contributed by atoms with Gasteiger partial charge in [0.2, 0.25) is 11.8 Å². The fourth-order valence-electron chi connectivity index (χ4n) is 7.25. The highest BCUT2D eigenvalue weighted by Crippen LogP contribution is 2.38. The number of likely N-dealkylation sites (tertiary alicyclic amines) is 2. The number of fused-ring (bicyclic) bond motifs is 2. The van der Waals surface area contributed by atoms with Gasteiger partial charge in [-0.05, 0) is 48.9 Å². The molecule has 250 valence electrons. The fraction of sp³-hybridized carbons (Fsp3) is 0.263. The van der Waals surface area contributed by atoms with Crippen LogP contribution in [0.4, 0.5) is 0 Å². The molecule has 0 bridgehead atoms. The van der Waals surface area contributed by atoms with Gasteiger partial charge in [-0.25, -0.2) is 19.9 Å². The molecule has 4 aromatic heterocycles. The van der Waals surface area contributed by atoms with Crippen molar-refractivity contribution in [3.05, 3.63) is 108 Å². The van der Waals surface area contributed by atoms with Gasteiger partial charge in [-0.3, -0.25) is 9.59 Å². The number of aromatic nitrogens is 6. The van der Waals surface area contributed by atoms with Gasteiger partial charge in [0.25, 0.3) is 0 Å². The highest BCUT2D eigenvalue weighted by Gasteiger charge is 2.33. The normalized spacial score (nSPS) is 17.8. The molecule has 7 aromatic rings. The molecular weight excluding hydrogens is 665 g/mol. The van der Waals surface area contributed by atoms with Crippen LogP contribution in [0.1, 0.15) is 60.5 Å². The number of carbonyl (C=O) groups is 2. The van der Waals surface area contributed by atoms with E-state index >= 15 is 0 Å². The average molecular weight is 699 g/mol. The quantitative estimate of drug-likeness (QED) is 0.170. The fourth-order valence-corrected chi connectivity index (χ4v) is 9.14. The van der Waals surface area contributed by atoms with Gasteiger partial charge >= 0.3 is 0 Å². The molecule has 0 aliphatic carbocycles.